The smallest absolute Gasteiger partial charge is 0.251 e. The molecule has 166 valence electrons. The molecule has 5 heteroatoms. The Morgan fingerprint density at radius 3 is 2.45 bits per heavy atom. The number of likely N-dealkylation sites (tertiary alicyclic amines) is 1. The number of benzene rings is 2. The molecule has 0 aromatic heterocycles. The first-order valence-corrected chi connectivity index (χ1v) is 12.5. The van der Waals surface area contributed by atoms with Crippen molar-refractivity contribution in [3.8, 4) is 0 Å². The highest BCUT2D eigenvalue weighted by atomic mass is 32.2. The van der Waals surface area contributed by atoms with Gasteiger partial charge in [0.2, 0.25) is 0 Å². The molecule has 0 aliphatic carbocycles. The van der Waals surface area contributed by atoms with Crippen molar-refractivity contribution in [3.05, 3.63) is 48.0 Å². The summed E-state index contributed by atoms with van der Waals surface area (Å²) in [5.41, 5.74) is 3.14. The monoisotopic (exact) mass is 437 g/mol. The van der Waals surface area contributed by atoms with Crippen LogP contribution in [0.25, 0.3) is 0 Å². The van der Waals surface area contributed by atoms with E-state index in [2.05, 4.69) is 79.2 Å². The lowest BCUT2D eigenvalue weighted by molar-refractivity contribution is 0.0945. The predicted molar refractivity (Wildman–Crippen MR) is 131 cm³/mol. The van der Waals surface area contributed by atoms with Crippen LogP contribution in [0.4, 0.5) is 11.4 Å². The average molecular weight is 438 g/mol. The number of para-hydroxylation sites is 1. The van der Waals surface area contributed by atoms with Crippen molar-refractivity contribution in [3.63, 3.8) is 0 Å². The van der Waals surface area contributed by atoms with E-state index in [9.17, 15) is 4.79 Å². The summed E-state index contributed by atoms with van der Waals surface area (Å²) in [4.78, 5) is 20.4. The topological polar surface area (TPSA) is 35.6 Å². The van der Waals surface area contributed by atoms with Gasteiger partial charge in [0.1, 0.15) is 0 Å². The van der Waals surface area contributed by atoms with Gasteiger partial charge >= 0.3 is 0 Å². The molecule has 4 rings (SSSR count). The van der Waals surface area contributed by atoms with Crippen molar-refractivity contribution >= 4 is 29.0 Å². The van der Waals surface area contributed by atoms with Crippen molar-refractivity contribution in [2.45, 2.75) is 56.4 Å². The molecule has 2 aliphatic rings. The Morgan fingerprint density at radius 2 is 1.71 bits per heavy atom. The Kier molecular flexibility index (Phi) is 6.92. The average Bonchev–Trinajstić information content (AvgIpc) is 3.27. The molecule has 2 atom stereocenters. The third-order valence-electron chi connectivity index (χ3n) is 6.71. The fourth-order valence-corrected chi connectivity index (χ4v) is 5.46. The molecule has 1 N–H and O–H groups in total. The van der Waals surface area contributed by atoms with Gasteiger partial charge in [0, 0.05) is 34.5 Å². The number of fused-ring (bicyclic) bond motifs is 2. The van der Waals surface area contributed by atoms with E-state index in [0.717, 1.165) is 17.8 Å². The molecule has 2 heterocycles. The quantitative estimate of drug-likeness (QED) is 0.594. The first-order valence-electron chi connectivity index (χ1n) is 11.6. The molecule has 1 unspecified atom stereocenters. The zero-order valence-electron chi connectivity index (χ0n) is 19.2. The van der Waals surface area contributed by atoms with Gasteiger partial charge in [0.05, 0.1) is 11.4 Å². The third-order valence-corrected chi connectivity index (χ3v) is 7.84. The van der Waals surface area contributed by atoms with Crippen molar-refractivity contribution in [2.24, 2.45) is 11.8 Å². The molecular formula is C26H35N3OS. The SMILES string of the molecule is CC(C)C(C)CNC(=O)c1ccc2c(c1)N([C@H](C)CN1CCCC1)c1ccccc1S2. The first-order chi connectivity index (χ1) is 14.9. The van der Waals surface area contributed by atoms with E-state index in [0.29, 0.717) is 24.4 Å². The lowest BCUT2D eigenvalue weighted by Crippen LogP contribution is -2.40. The highest BCUT2D eigenvalue weighted by Crippen LogP contribution is 2.49. The number of anilines is 2. The second-order valence-corrected chi connectivity index (χ2v) is 10.5. The molecule has 2 aromatic carbocycles. The zero-order valence-corrected chi connectivity index (χ0v) is 20.0. The molecule has 0 spiro atoms. The fraction of sp³-hybridized carbons (Fsp3) is 0.500. The van der Waals surface area contributed by atoms with E-state index in [-0.39, 0.29) is 5.91 Å². The Hall–Kier alpha value is -1.98. The van der Waals surface area contributed by atoms with Gasteiger partial charge in [0.15, 0.2) is 0 Å². The molecule has 1 fully saturated rings. The number of hydrogen-bond donors (Lipinski definition) is 1. The van der Waals surface area contributed by atoms with Crippen LogP contribution in [0.5, 0.6) is 0 Å². The summed E-state index contributed by atoms with van der Waals surface area (Å²) in [6.45, 7) is 13.0. The van der Waals surface area contributed by atoms with Gasteiger partial charge in [-0.15, -0.1) is 0 Å². The van der Waals surface area contributed by atoms with E-state index in [1.165, 1.54) is 41.4 Å². The summed E-state index contributed by atoms with van der Waals surface area (Å²) in [6, 6.07) is 15.1. The number of carbonyl (C=O) groups excluding carboxylic acids is 1. The van der Waals surface area contributed by atoms with Gasteiger partial charge < -0.3 is 15.1 Å². The van der Waals surface area contributed by atoms with Gasteiger partial charge in [0.25, 0.3) is 5.91 Å². The van der Waals surface area contributed by atoms with Gasteiger partial charge in [-0.2, -0.15) is 0 Å². The van der Waals surface area contributed by atoms with Gasteiger partial charge in [-0.05, 0) is 75.0 Å². The first kappa shape index (κ1) is 22.2. The van der Waals surface area contributed by atoms with Crippen LogP contribution in [0.2, 0.25) is 0 Å². The van der Waals surface area contributed by atoms with Crippen LogP contribution in [-0.4, -0.2) is 43.0 Å². The van der Waals surface area contributed by atoms with Gasteiger partial charge in [-0.25, -0.2) is 0 Å². The molecule has 1 saturated heterocycles. The summed E-state index contributed by atoms with van der Waals surface area (Å²) in [7, 11) is 0. The van der Waals surface area contributed by atoms with Crippen LogP contribution in [0.15, 0.2) is 52.3 Å². The molecule has 0 bridgehead atoms. The van der Waals surface area contributed by atoms with Crippen LogP contribution < -0.4 is 10.2 Å². The van der Waals surface area contributed by atoms with Crippen molar-refractivity contribution < 1.29 is 4.79 Å². The minimum Gasteiger partial charge on any atom is -0.352 e. The van der Waals surface area contributed by atoms with E-state index in [1.54, 1.807) is 11.8 Å². The maximum atomic E-state index is 12.9. The van der Waals surface area contributed by atoms with Crippen molar-refractivity contribution in [1.82, 2.24) is 10.2 Å². The number of hydrogen-bond acceptors (Lipinski definition) is 4. The van der Waals surface area contributed by atoms with Crippen molar-refractivity contribution in [1.29, 1.82) is 0 Å². The van der Waals surface area contributed by atoms with Gasteiger partial charge in [-0.1, -0.05) is 44.7 Å². The second-order valence-electron chi connectivity index (χ2n) is 9.41. The minimum atomic E-state index is 0.0197. The number of rotatable bonds is 7. The van der Waals surface area contributed by atoms with Crippen LogP contribution in [0.3, 0.4) is 0 Å². The fourth-order valence-electron chi connectivity index (χ4n) is 4.41. The number of nitrogens with one attached hydrogen (secondary N) is 1. The Morgan fingerprint density at radius 1 is 1.00 bits per heavy atom. The normalized spacial score (nSPS) is 17.9. The van der Waals surface area contributed by atoms with E-state index in [4.69, 9.17) is 0 Å². The molecule has 1 amide bonds. The van der Waals surface area contributed by atoms with Gasteiger partial charge in [-0.3, -0.25) is 4.79 Å². The standard InChI is InChI=1S/C26H35N3OS/c1-18(2)19(3)16-27-26(30)21-11-12-25-23(15-21)29(20(4)17-28-13-7-8-14-28)22-9-5-6-10-24(22)31-25/h5-6,9-12,15,18-20H,7-8,13-14,16-17H2,1-4H3,(H,27,30)/t19?,20-/m1/s1. The van der Waals surface area contributed by atoms with Crippen molar-refractivity contribution in [2.75, 3.05) is 31.1 Å². The minimum absolute atomic E-state index is 0.0197. The Balaban J connectivity index is 1.61. The zero-order chi connectivity index (χ0) is 22.0. The molecule has 31 heavy (non-hydrogen) atoms. The van der Waals surface area contributed by atoms with E-state index < -0.39 is 0 Å². The molecule has 2 aromatic rings. The maximum Gasteiger partial charge on any atom is 0.251 e. The lowest BCUT2D eigenvalue weighted by atomic mass is 9.98. The maximum absolute atomic E-state index is 12.9. The molecule has 0 saturated carbocycles. The van der Waals surface area contributed by atoms with Crippen LogP contribution in [0, 0.1) is 11.8 Å². The summed E-state index contributed by atoms with van der Waals surface area (Å²) in [5, 5.41) is 3.14. The highest BCUT2D eigenvalue weighted by molar-refractivity contribution is 7.99. The lowest BCUT2D eigenvalue weighted by Gasteiger charge is -2.39. The van der Waals surface area contributed by atoms with E-state index in [1.807, 2.05) is 6.07 Å². The molecule has 0 radical (unpaired) electrons. The van der Waals surface area contributed by atoms with Crippen LogP contribution in [-0.2, 0) is 0 Å². The van der Waals surface area contributed by atoms with Crippen LogP contribution >= 0.6 is 11.8 Å². The summed E-state index contributed by atoms with van der Waals surface area (Å²) >= 11 is 1.80. The second kappa shape index (κ2) is 9.66. The molecule has 4 nitrogen and oxygen atoms in total. The predicted octanol–water partition coefficient (Wildman–Crippen LogP) is 5.80. The largest absolute Gasteiger partial charge is 0.352 e. The summed E-state index contributed by atoms with van der Waals surface area (Å²) < 4.78 is 0. The Bertz CT molecular complexity index is 923. The summed E-state index contributed by atoms with van der Waals surface area (Å²) in [6.07, 6.45) is 2.60. The third kappa shape index (κ3) is 4.93. The number of amides is 1. The number of nitrogens with zero attached hydrogens (tertiary/aromatic N) is 2. The number of carbonyl (C=O) groups is 1. The Labute approximate surface area is 191 Å². The van der Waals surface area contributed by atoms with E-state index >= 15 is 0 Å². The molecular weight excluding hydrogens is 402 g/mol. The molecule has 2 aliphatic heterocycles. The highest BCUT2D eigenvalue weighted by Gasteiger charge is 2.29. The van der Waals surface area contributed by atoms with Crippen LogP contribution in [0.1, 0.15) is 50.9 Å². The summed E-state index contributed by atoms with van der Waals surface area (Å²) in [5.74, 6) is 1.03.